The van der Waals surface area contributed by atoms with Gasteiger partial charge in [-0.3, -0.25) is 4.79 Å². The van der Waals surface area contributed by atoms with Crippen molar-refractivity contribution in [3.63, 3.8) is 0 Å². The second-order valence-corrected chi connectivity index (χ2v) is 5.04. The molecule has 2 rings (SSSR count). The maximum atomic E-state index is 12.4. The molecule has 1 aliphatic carbocycles. The van der Waals surface area contributed by atoms with E-state index < -0.39 is 0 Å². The first kappa shape index (κ1) is 11.7. The van der Waals surface area contributed by atoms with Gasteiger partial charge in [-0.15, -0.1) is 0 Å². The van der Waals surface area contributed by atoms with Gasteiger partial charge in [0.05, 0.1) is 5.02 Å². The number of ketones is 1. The van der Waals surface area contributed by atoms with E-state index in [0.29, 0.717) is 5.02 Å². The topological polar surface area (TPSA) is 17.1 Å². The molecule has 2 heteroatoms. The molecule has 1 fully saturated rings. The Morgan fingerprint density at radius 2 is 1.94 bits per heavy atom. The van der Waals surface area contributed by atoms with Crippen LogP contribution in [0.1, 0.15) is 48.0 Å². The molecule has 0 unspecified atom stereocenters. The van der Waals surface area contributed by atoms with E-state index in [4.69, 9.17) is 11.6 Å². The van der Waals surface area contributed by atoms with Gasteiger partial charge in [0.1, 0.15) is 0 Å². The van der Waals surface area contributed by atoms with E-state index in [0.717, 1.165) is 24.0 Å². The lowest BCUT2D eigenvalue weighted by Gasteiger charge is -2.21. The molecule has 1 nitrogen and oxygen atoms in total. The highest BCUT2D eigenvalue weighted by molar-refractivity contribution is 6.34. The van der Waals surface area contributed by atoms with E-state index in [1.165, 1.54) is 19.3 Å². The first-order valence-electron chi connectivity index (χ1n) is 5.99. The van der Waals surface area contributed by atoms with E-state index in [-0.39, 0.29) is 11.7 Å². The van der Waals surface area contributed by atoms with Crippen molar-refractivity contribution in [2.75, 3.05) is 0 Å². The zero-order chi connectivity index (χ0) is 11.5. The Morgan fingerprint density at radius 1 is 1.25 bits per heavy atom. The Labute approximate surface area is 102 Å². The van der Waals surface area contributed by atoms with Gasteiger partial charge in [-0.1, -0.05) is 43.0 Å². The molecule has 0 aliphatic heterocycles. The first-order valence-corrected chi connectivity index (χ1v) is 6.37. The molecule has 0 atom stereocenters. The van der Waals surface area contributed by atoms with E-state index in [1.807, 2.05) is 25.1 Å². The molecule has 0 bridgehead atoms. The minimum atomic E-state index is 0.201. The fraction of sp³-hybridized carbons (Fsp3) is 0.500. The molecule has 0 heterocycles. The molecule has 0 saturated heterocycles. The molecule has 0 aromatic heterocycles. The van der Waals surface area contributed by atoms with Crippen molar-refractivity contribution in [1.29, 1.82) is 0 Å². The van der Waals surface area contributed by atoms with Gasteiger partial charge in [0.15, 0.2) is 5.78 Å². The molecule has 0 amide bonds. The fourth-order valence-corrected chi connectivity index (χ4v) is 2.83. The highest BCUT2D eigenvalue weighted by Gasteiger charge is 2.24. The van der Waals surface area contributed by atoms with Crippen molar-refractivity contribution < 1.29 is 4.79 Å². The predicted octanol–water partition coefficient (Wildman–Crippen LogP) is 4.41. The fourth-order valence-electron chi connectivity index (χ4n) is 2.51. The number of carbonyl (C=O) groups is 1. The first-order chi connectivity index (χ1) is 7.70. The van der Waals surface area contributed by atoms with Gasteiger partial charge in [-0.05, 0) is 31.4 Å². The molecule has 0 radical (unpaired) electrons. The van der Waals surface area contributed by atoms with Crippen LogP contribution in [0.3, 0.4) is 0 Å². The molecule has 16 heavy (non-hydrogen) atoms. The Bertz CT molecular complexity index is 371. The average Bonchev–Trinajstić information content (AvgIpc) is 2.30. The van der Waals surface area contributed by atoms with Crippen molar-refractivity contribution in [1.82, 2.24) is 0 Å². The van der Waals surface area contributed by atoms with Crippen molar-refractivity contribution in [2.24, 2.45) is 5.92 Å². The predicted molar refractivity (Wildman–Crippen MR) is 67.1 cm³/mol. The second kappa shape index (κ2) is 5.01. The Morgan fingerprint density at radius 3 is 2.56 bits per heavy atom. The molecular weight excluding hydrogens is 220 g/mol. The summed E-state index contributed by atoms with van der Waals surface area (Å²) in [6.07, 6.45) is 5.69. The Hall–Kier alpha value is -0.820. The zero-order valence-electron chi connectivity index (χ0n) is 9.63. The summed E-state index contributed by atoms with van der Waals surface area (Å²) in [6.45, 7) is 1.96. The minimum Gasteiger partial charge on any atom is -0.294 e. The standard InChI is InChI=1S/C14H17ClO/c1-10-6-5-9-12(15)13(10)14(16)11-7-3-2-4-8-11/h5-6,9,11H,2-4,7-8H2,1H3. The van der Waals surface area contributed by atoms with Crippen LogP contribution in [-0.4, -0.2) is 5.78 Å². The lowest BCUT2D eigenvalue weighted by molar-refractivity contribution is 0.0889. The zero-order valence-corrected chi connectivity index (χ0v) is 10.4. The maximum absolute atomic E-state index is 12.4. The lowest BCUT2D eigenvalue weighted by atomic mass is 9.83. The van der Waals surface area contributed by atoms with Gasteiger partial charge < -0.3 is 0 Å². The number of carbonyl (C=O) groups excluding carboxylic acids is 1. The highest BCUT2D eigenvalue weighted by Crippen LogP contribution is 2.30. The number of rotatable bonds is 2. The second-order valence-electron chi connectivity index (χ2n) is 4.63. The monoisotopic (exact) mass is 236 g/mol. The molecule has 1 aliphatic rings. The summed E-state index contributed by atoms with van der Waals surface area (Å²) < 4.78 is 0. The van der Waals surface area contributed by atoms with Crippen molar-refractivity contribution >= 4 is 17.4 Å². The summed E-state index contributed by atoms with van der Waals surface area (Å²) in [5, 5.41) is 0.607. The molecule has 1 aromatic rings. The number of halogens is 1. The van der Waals surface area contributed by atoms with Crippen LogP contribution in [-0.2, 0) is 0 Å². The Kier molecular flexibility index (Phi) is 3.65. The largest absolute Gasteiger partial charge is 0.294 e. The van der Waals surface area contributed by atoms with E-state index in [2.05, 4.69) is 0 Å². The van der Waals surface area contributed by atoms with Gasteiger partial charge >= 0.3 is 0 Å². The Balaban J connectivity index is 2.26. The van der Waals surface area contributed by atoms with Gasteiger partial charge in [0, 0.05) is 11.5 Å². The number of Topliss-reactive ketones (excluding diaryl/α,β-unsaturated/α-hetero) is 1. The summed E-state index contributed by atoms with van der Waals surface area (Å²) in [7, 11) is 0. The summed E-state index contributed by atoms with van der Waals surface area (Å²) in [5.41, 5.74) is 1.75. The normalized spacial score (nSPS) is 17.4. The number of hydrogen-bond acceptors (Lipinski definition) is 1. The summed E-state index contributed by atoms with van der Waals surface area (Å²) in [6, 6.07) is 5.67. The maximum Gasteiger partial charge on any atom is 0.167 e. The van der Waals surface area contributed by atoms with Crippen LogP contribution < -0.4 is 0 Å². The number of benzene rings is 1. The number of hydrogen-bond donors (Lipinski definition) is 0. The van der Waals surface area contributed by atoms with Crippen molar-refractivity contribution in [2.45, 2.75) is 39.0 Å². The van der Waals surface area contributed by atoms with Crippen LogP contribution in [0.2, 0.25) is 5.02 Å². The molecule has 1 aromatic carbocycles. The van der Waals surface area contributed by atoms with Gasteiger partial charge in [-0.25, -0.2) is 0 Å². The summed E-state index contributed by atoms with van der Waals surface area (Å²) >= 11 is 6.12. The molecule has 0 spiro atoms. The third kappa shape index (κ3) is 2.30. The summed E-state index contributed by atoms with van der Waals surface area (Å²) in [4.78, 5) is 12.4. The van der Waals surface area contributed by atoms with Crippen molar-refractivity contribution in [3.8, 4) is 0 Å². The van der Waals surface area contributed by atoms with Gasteiger partial charge in [-0.2, -0.15) is 0 Å². The van der Waals surface area contributed by atoms with Crippen LogP contribution in [0.4, 0.5) is 0 Å². The lowest BCUT2D eigenvalue weighted by Crippen LogP contribution is -2.19. The quantitative estimate of drug-likeness (QED) is 0.695. The van der Waals surface area contributed by atoms with Crippen LogP contribution in [0.5, 0.6) is 0 Å². The van der Waals surface area contributed by atoms with Crippen LogP contribution in [0.15, 0.2) is 18.2 Å². The van der Waals surface area contributed by atoms with Crippen LogP contribution >= 0.6 is 11.6 Å². The molecular formula is C14H17ClO. The third-order valence-electron chi connectivity index (χ3n) is 3.44. The van der Waals surface area contributed by atoms with E-state index in [9.17, 15) is 4.79 Å². The molecule has 86 valence electrons. The SMILES string of the molecule is Cc1cccc(Cl)c1C(=O)C1CCCCC1. The van der Waals surface area contributed by atoms with Gasteiger partial charge in [0.2, 0.25) is 0 Å². The highest BCUT2D eigenvalue weighted by atomic mass is 35.5. The summed E-state index contributed by atoms with van der Waals surface area (Å²) in [5.74, 6) is 0.454. The average molecular weight is 237 g/mol. The molecule has 0 N–H and O–H groups in total. The number of aryl methyl sites for hydroxylation is 1. The van der Waals surface area contributed by atoms with Crippen molar-refractivity contribution in [3.05, 3.63) is 34.3 Å². The van der Waals surface area contributed by atoms with Crippen LogP contribution in [0.25, 0.3) is 0 Å². The molecule has 1 saturated carbocycles. The third-order valence-corrected chi connectivity index (χ3v) is 3.76. The van der Waals surface area contributed by atoms with Crippen LogP contribution in [0, 0.1) is 12.8 Å². The smallest absolute Gasteiger partial charge is 0.167 e. The van der Waals surface area contributed by atoms with E-state index >= 15 is 0 Å². The van der Waals surface area contributed by atoms with E-state index in [1.54, 1.807) is 0 Å². The van der Waals surface area contributed by atoms with Gasteiger partial charge in [0.25, 0.3) is 0 Å². The minimum absolute atomic E-state index is 0.201.